The lowest BCUT2D eigenvalue weighted by molar-refractivity contribution is 0.632. The molecule has 17 heavy (non-hydrogen) atoms. The van der Waals surface area contributed by atoms with Crippen molar-refractivity contribution in [3.63, 3.8) is 0 Å². The summed E-state index contributed by atoms with van der Waals surface area (Å²) in [5, 5.41) is 0.659. The fourth-order valence-electron chi connectivity index (χ4n) is 2.40. The van der Waals surface area contributed by atoms with E-state index in [2.05, 4.69) is 46.9 Å². The van der Waals surface area contributed by atoms with Gasteiger partial charge in [-0.1, -0.05) is 25.1 Å². The molecule has 0 amide bonds. The minimum Gasteiger partial charge on any atom is -0.334 e. The molecule has 0 saturated heterocycles. The zero-order chi connectivity index (χ0) is 11.7. The van der Waals surface area contributed by atoms with Gasteiger partial charge in [-0.25, -0.2) is 4.98 Å². The average Bonchev–Trinajstić information content (AvgIpc) is 2.94. The molecule has 88 valence electrons. The van der Waals surface area contributed by atoms with Crippen LogP contribution >= 0.6 is 11.8 Å². The van der Waals surface area contributed by atoms with Gasteiger partial charge in [0.05, 0.1) is 0 Å². The second-order valence-corrected chi connectivity index (χ2v) is 5.74. The summed E-state index contributed by atoms with van der Waals surface area (Å²) in [6.07, 6.45) is 6.20. The number of fused-ring (bicyclic) bond motifs is 1. The van der Waals surface area contributed by atoms with Crippen molar-refractivity contribution in [2.24, 2.45) is 0 Å². The van der Waals surface area contributed by atoms with Crippen LogP contribution in [-0.4, -0.2) is 14.8 Å². The Morgan fingerprint density at radius 3 is 3.12 bits per heavy atom. The number of rotatable bonds is 3. The Bertz CT molecular complexity index is 493. The Morgan fingerprint density at radius 2 is 2.29 bits per heavy atom. The maximum Gasteiger partial charge on any atom is 0.108 e. The molecule has 1 unspecified atom stereocenters. The van der Waals surface area contributed by atoms with Gasteiger partial charge >= 0.3 is 0 Å². The van der Waals surface area contributed by atoms with Crippen molar-refractivity contribution in [3.05, 3.63) is 48.0 Å². The molecule has 0 spiro atoms. The van der Waals surface area contributed by atoms with Crippen molar-refractivity contribution < 1.29 is 0 Å². The summed E-state index contributed by atoms with van der Waals surface area (Å²) >= 11 is 2.00. The number of imidazole rings is 1. The topological polar surface area (TPSA) is 17.8 Å². The standard InChI is InChI=1S/C14H16N2S/c1-2-14-15-7-8-16(14)10-12-9-11-5-3-4-6-13(11)17-12/h3-8,12H,2,9-10H2,1H3. The zero-order valence-corrected chi connectivity index (χ0v) is 10.8. The van der Waals surface area contributed by atoms with Crippen LogP contribution in [0.1, 0.15) is 18.3 Å². The molecule has 0 aliphatic carbocycles. The SMILES string of the molecule is CCc1nccn1CC1Cc2ccccc2S1. The molecule has 1 atom stereocenters. The Morgan fingerprint density at radius 1 is 1.41 bits per heavy atom. The van der Waals surface area contributed by atoms with E-state index in [1.165, 1.54) is 22.7 Å². The molecule has 1 aliphatic heterocycles. The number of hydrogen-bond acceptors (Lipinski definition) is 2. The number of aromatic nitrogens is 2. The summed E-state index contributed by atoms with van der Waals surface area (Å²) in [5.41, 5.74) is 1.50. The largest absolute Gasteiger partial charge is 0.334 e. The summed E-state index contributed by atoms with van der Waals surface area (Å²) in [7, 11) is 0. The number of nitrogens with zero attached hydrogens (tertiary/aromatic N) is 2. The molecule has 0 N–H and O–H groups in total. The van der Waals surface area contributed by atoms with Gasteiger partial charge < -0.3 is 4.57 Å². The summed E-state index contributed by atoms with van der Waals surface area (Å²) in [4.78, 5) is 5.83. The second-order valence-electron chi connectivity index (χ2n) is 4.40. The van der Waals surface area contributed by atoms with Crippen molar-refractivity contribution in [1.29, 1.82) is 0 Å². The highest BCUT2D eigenvalue weighted by Crippen LogP contribution is 2.37. The first-order valence-corrected chi connectivity index (χ1v) is 6.99. The van der Waals surface area contributed by atoms with E-state index in [0.29, 0.717) is 5.25 Å². The van der Waals surface area contributed by atoms with Gasteiger partial charge in [0.15, 0.2) is 0 Å². The highest BCUT2D eigenvalue weighted by Gasteiger charge is 2.22. The van der Waals surface area contributed by atoms with Crippen LogP contribution in [0.15, 0.2) is 41.6 Å². The predicted octanol–water partition coefficient (Wildman–Crippen LogP) is 3.16. The molecule has 3 heteroatoms. The molecule has 0 bridgehead atoms. The van der Waals surface area contributed by atoms with E-state index >= 15 is 0 Å². The fourth-order valence-corrected chi connectivity index (χ4v) is 3.71. The van der Waals surface area contributed by atoms with E-state index in [-0.39, 0.29) is 0 Å². The van der Waals surface area contributed by atoms with Gasteiger partial charge in [-0.05, 0) is 18.1 Å². The molecule has 2 nitrogen and oxygen atoms in total. The Hall–Kier alpha value is -1.22. The van der Waals surface area contributed by atoms with E-state index in [4.69, 9.17) is 0 Å². The molecule has 2 aromatic rings. The highest BCUT2D eigenvalue weighted by atomic mass is 32.2. The van der Waals surface area contributed by atoms with Crippen LogP contribution in [0.4, 0.5) is 0 Å². The lowest BCUT2D eigenvalue weighted by atomic mass is 10.1. The smallest absolute Gasteiger partial charge is 0.108 e. The van der Waals surface area contributed by atoms with Crippen LogP contribution in [0.25, 0.3) is 0 Å². The third-order valence-corrected chi connectivity index (χ3v) is 4.53. The quantitative estimate of drug-likeness (QED) is 0.825. The van der Waals surface area contributed by atoms with Crippen LogP contribution in [0.2, 0.25) is 0 Å². The lowest BCUT2D eigenvalue weighted by Gasteiger charge is -2.11. The number of thioether (sulfide) groups is 1. The van der Waals surface area contributed by atoms with E-state index in [1.54, 1.807) is 0 Å². The summed E-state index contributed by atoms with van der Waals surface area (Å²) in [6.45, 7) is 3.23. The summed E-state index contributed by atoms with van der Waals surface area (Å²) < 4.78 is 2.30. The number of hydrogen-bond donors (Lipinski definition) is 0. The third kappa shape index (κ3) is 2.12. The van der Waals surface area contributed by atoms with E-state index in [1.807, 2.05) is 18.0 Å². The van der Waals surface area contributed by atoms with E-state index in [0.717, 1.165) is 13.0 Å². The first-order chi connectivity index (χ1) is 8.36. The zero-order valence-electron chi connectivity index (χ0n) is 9.97. The molecule has 1 aromatic carbocycles. The van der Waals surface area contributed by atoms with Gasteiger partial charge in [-0.3, -0.25) is 0 Å². The number of benzene rings is 1. The molecule has 3 rings (SSSR count). The minimum absolute atomic E-state index is 0.659. The average molecular weight is 244 g/mol. The Balaban J connectivity index is 1.74. The highest BCUT2D eigenvalue weighted by molar-refractivity contribution is 8.00. The fraction of sp³-hybridized carbons (Fsp3) is 0.357. The van der Waals surface area contributed by atoms with Gasteiger partial charge in [0.1, 0.15) is 5.82 Å². The number of aryl methyl sites for hydroxylation is 1. The van der Waals surface area contributed by atoms with Crippen molar-refractivity contribution in [3.8, 4) is 0 Å². The molecule has 1 aromatic heterocycles. The van der Waals surface area contributed by atoms with Gasteiger partial charge in [0, 0.05) is 35.5 Å². The first-order valence-electron chi connectivity index (χ1n) is 6.11. The first kappa shape index (κ1) is 10.9. The molecule has 0 radical (unpaired) electrons. The third-order valence-electron chi connectivity index (χ3n) is 3.23. The molecular formula is C14H16N2S. The van der Waals surface area contributed by atoms with Crippen molar-refractivity contribution in [2.45, 2.75) is 36.5 Å². The van der Waals surface area contributed by atoms with E-state index < -0.39 is 0 Å². The van der Waals surface area contributed by atoms with Crippen molar-refractivity contribution in [2.75, 3.05) is 0 Å². The molecule has 0 saturated carbocycles. The van der Waals surface area contributed by atoms with Gasteiger partial charge in [0.2, 0.25) is 0 Å². The molecular weight excluding hydrogens is 228 g/mol. The Kier molecular flexibility index (Phi) is 2.93. The van der Waals surface area contributed by atoms with Crippen LogP contribution in [0.3, 0.4) is 0 Å². The summed E-state index contributed by atoms with van der Waals surface area (Å²) in [6, 6.07) is 8.74. The lowest BCUT2D eigenvalue weighted by Crippen LogP contribution is -2.13. The Labute approximate surface area is 106 Å². The minimum atomic E-state index is 0.659. The molecule has 2 heterocycles. The maximum atomic E-state index is 4.38. The second kappa shape index (κ2) is 4.57. The maximum absolute atomic E-state index is 4.38. The van der Waals surface area contributed by atoms with Crippen LogP contribution in [0, 0.1) is 0 Å². The molecule has 0 fully saturated rings. The van der Waals surface area contributed by atoms with Crippen LogP contribution in [-0.2, 0) is 19.4 Å². The summed E-state index contributed by atoms with van der Waals surface area (Å²) in [5.74, 6) is 1.20. The monoisotopic (exact) mass is 244 g/mol. The van der Waals surface area contributed by atoms with E-state index in [9.17, 15) is 0 Å². The van der Waals surface area contributed by atoms with Gasteiger partial charge in [-0.15, -0.1) is 11.8 Å². The van der Waals surface area contributed by atoms with Crippen molar-refractivity contribution >= 4 is 11.8 Å². The van der Waals surface area contributed by atoms with Gasteiger partial charge in [-0.2, -0.15) is 0 Å². The normalized spacial score (nSPS) is 18.3. The van der Waals surface area contributed by atoms with Crippen molar-refractivity contribution in [1.82, 2.24) is 9.55 Å². The predicted molar refractivity (Wildman–Crippen MR) is 71.4 cm³/mol. The van der Waals surface area contributed by atoms with Gasteiger partial charge in [0.25, 0.3) is 0 Å². The van der Waals surface area contributed by atoms with Crippen LogP contribution < -0.4 is 0 Å². The van der Waals surface area contributed by atoms with Crippen LogP contribution in [0.5, 0.6) is 0 Å². The molecule has 1 aliphatic rings.